The molecule has 2 aromatic carbocycles. The van der Waals surface area contributed by atoms with Gasteiger partial charge in [-0.2, -0.15) is 0 Å². The second-order valence-corrected chi connectivity index (χ2v) is 10.4. The van der Waals surface area contributed by atoms with Gasteiger partial charge in [-0.1, -0.05) is 42.0 Å². The minimum absolute atomic E-state index is 0.0688. The summed E-state index contributed by atoms with van der Waals surface area (Å²) in [4.78, 5) is 54.8. The highest BCUT2D eigenvalue weighted by atomic mass is 16.5. The number of piperidine rings is 1. The topological polar surface area (TPSA) is 93.2 Å². The van der Waals surface area contributed by atoms with Crippen molar-refractivity contribution in [1.82, 2.24) is 9.80 Å². The largest absolute Gasteiger partial charge is 0.466 e. The normalized spacial score (nSPS) is 18.1. The zero-order chi connectivity index (χ0) is 28.8. The Morgan fingerprint density at radius 2 is 1.50 bits per heavy atom. The van der Waals surface area contributed by atoms with Gasteiger partial charge in [-0.25, -0.2) is 4.79 Å². The molecule has 2 aliphatic heterocycles. The van der Waals surface area contributed by atoms with Crippen molar-refractivity contribution in [2.45, 2.75) is 59.4 Å². The fourth-order valence-electron chi connectivity index (χ4n) is 5.46. The first-order chi connectivity index (χ1) is 19.2. The van der Waals surface area contributed by atoms with Crippen LogP contribution in [0, 0.1) is 12.8 Å². The average Bonchev–Trinajstić information content (AvgIpc) is 2.95. The number of nitrogens with zero attached hydrogens (tertiary/aromatic N) is 2. The van der Waals surface area contributed by atoms with Gasteiger partial charge in [0.1, 0.15) is 0 Å². The van der Waals surface area contributed by atoms with Crippen molar-refractivity contribution in [1.29, 1.82) is 0 Å². The van der Waals surface area contributed by atoms with Gasteiger partial charge in [-0.3, -0.25) is 14.4 Å². The fourth-order valence-corrected chi connectivity index (χ4v) is 5.46. The standard InChI is InChI=1S/C32H38N2O6/c1-5-39-31(37)26-15-17-33(18-16-26)30(36)25-13-9-23(10-14-25)20-34-22(4)29(32(38)40-6-2)27(19-28(34)35)24-11-7-21(3)8-12-24/h7-14,26-27H,5-6,15-20H2,1-4H3/t27-/m1/s1. The number of hydrogen-bond acceptors (Lipinski definition) is 6. The number of carbonyl (C=O) groups is 4. The number of likely N-dealkylation sites (tertiary alicyclic amines) is 1. The van der Waals surface area contributed by atoms with E-state index in [0.29, 0.717) is 49.4 Å². The molecule has 8 nitrogen and oxygen atoms in total. The number of benzene rings is 2. The molecule has 0 radical (unpaired) electrons. The van der Waals surface area contributed by atoms with Crippen LogP contribution in [-0.2, 0) is 30.4 Å². The molecule has 212 valence electrons. The van der Waals surface area contributed by atoms with Crippen LogP contribution >= 0.6 is 0 Å². The smallest absolute Gasteiger partial charge is 0.336 e. The van der Waals surface area contributed by atoms with E-state index in [0.717, 1.165) is 16.7 Å². The molecule has 0 N–H and O–H groups in total. The summed E-state index contributed by atoms with van der Waals surface area (Å²) in [5, 5.41) is 0. The predicted octanol–water partition coefficient (Wildman–Crippen LogP) is 4.76. The number of rotatable bonds is 8. The van der Waals surface area contributed by atoms with Gasteiger partial charge in [0.05, 0.1) is 31.2 Å². The molecule has 0 unspecified atom stereocenters. The highest BCUT2D eigenvalue weighted by Gasteiger charge is 2.37. The van der Waals surface area contributed by atoms with Crippen LogP contribution in [-0.4, -0.2) is 59.9 Å². The quantitative estimate of drug-likeness (QED) is 0.443. The molecule has 2 amide bonds. The van der Waals surface area contributed by atoms with Crippen molar-refractivity contribution in [2.75, 3.05) is 26.3 Å². The van der Waals surface area contributed by atoms with E-state index in [1.54, 1.807) is 42.7 Å². The lowest BCUT2D eigenvalue weighted by molar-refractivity contribution is -0.149. The highest BCUT2D eigenvalue weighted by molar-refractivity contribution is 5.96. The fraction of sp³-hybridized carbons (Fsp3) is 0.438. The third kappa shape index (κ3) is 6.43. The lowest BCUT2D eigenvalue weighted by Gasteiger charge is -2.34. The van der Waals surface area contributed by atoms with E-state index < -0.39 is 5.97 Å². The van der Waals surface area contributed by atoms with Crippen molar-refractivity contribution < 1.29 is 28.7 Å². The molecule has 0 spiro atoms. The first kappa shape index (κ1) is 29.1. The summed E-state index contributed by atoms with van der Waals surface area (Å²) >= 11 is 0. The summed E-state index contributed by atoms with van der Waals surface area (Å²) in [5.74, 6) is -1.26. The molecule has 0 aromatic heterocycles. The van der Waals surface area contributed by atoms with Gasteiger partial charge in [0.2, 0.25) is 5.91 Å². The molecule has 2 aromatic rings. The lowest BCUT2D eigenvalue weighted by atomic mass is 9.83. The summed E-state index contributed by atoms with van der Waals surface area (Å²) in [7, 11) is 0. The van der Waals surface area contributed by atoms with Crippen LogP contribution in [0.2, 0.25) is 0 Å². The van der Waals surface area contributed by atoms with Gasteiger partial charge in [0.25, 0.3) is 5.91 Å². The number of hydrogen-bond donors (Lipinski definition) is 0. The maximum Gasteiger partial charge on any atom is 0.336 e. The third-order valence-corrected chi connectivity index (χ3v) is 7.74. The van der Waals surface area contributed by atoms with Crippen molar-refractivity contribution in [3.8, 4) is 0 Å². The molecule has 40 heavy (non-hydrogen) atoms. The van der Waals surface area contributed by atoms with Crippen molar-refractivity contribution >= 4 is 23.8 Å². The van der Waals surface area contributed by atoms with Crippen LogP contribution in [0.15, 0.2) is 59.8 Å². The molecule has 0 aliphatic carbocycles. The molecule has 2 heterocycles. The molecule has 1 saturated heterocycles. The minimum Gasteiger partial charge on any atom is -0.466 e. The SMILES string of the molecule is CCOC(=O)C1=C(C)N(Cc2ccc(C(=O)N3CCC(C(=O)OCC)CC3)cc2)C(=O)C[C@@H]1c1ccc(C)cc1. The Bertz CT molecular complexity index is 1270. The van der Waals surface area contributed by atoms with Crippen molar-refractivity contribution in [2.24, 2.45) is 5.92 Å². The van der Waals surface area contributed by atoms with Crippen LogP contribution in [0.5, 0.6) is 0 Å². The Hall–Kier alpha value is -3.94. The summed E-state index contributed by atoms with van der Waals surface area (Å²) in [6.07, 6.45) is 1.36. The van der Waals surface area contributed by atoms with E-state index in [2.05, 4.69) is 0 Å². The zero-order valence-electron chi connectivity index (χ0n) is 23.8. The molecule has 8 heteroatoms. The van der Waals surface area contributed by atoms with E-state index in [1.165, 1.54) is 0 Å². The van der Waals surface area contributed by atoms with Gasteiger partial charge in [0, 0.05) is 36.7 Å². The monoisotopic (exact) mass is 546 g/mol. The molecule has 1 atom stereocenters. The van der Waals surface area contributed by atoms with Crippen LogP contribution in [0.1, 0.15) is 73.0 Å². The van der Waals surface area contributed by atoms with Crippen LogP contribution in [0.3, 0.4) is 0 Å². The molecule has 0 bridgehead atoms. The molecule has 1 fully saturated rings. The Balaban J connectivity index is 1.48. The number of ether oxygens (including phenoxy) is 2. The Morgan fingerprint density at radius 1 is 0.875 bits per heavy atom. The maximum absolute atomic E-state index is 13.3. The molecule has 0 saturated carbocycles. The van der Waals surface area contributed by atoms with E-state index >= 15 is 0 Å². The highest BCUT2D eigenvalue weighted by Crippen LogP contribution is 2.38. The van der Waals surface area contributed by atoms with E-state index in [4.69, 9.17) is 9.47 Å². The minimum atomic E-state index is -0.407. The number of carbonyl (C=O) groups excluding carboxylic acids is 4. The second kappa shape index (κ2) is 12.9. The van der Waals surface area contributed by atoms with Crippen LogP contribution in [0.25, 0.3) is 0 Å². The van der Waals surface area contributed by atoms with Gasteiger partial charge < -0.3 is 19.3 Å². The summed E-state index contributed by atoms with van der Waals surface area (Å²) < 4.78 is 10.5. The first-order valence-corrected chi connectivity index (χ1v) is 14.0. The molecular weight excluding hydrogens is 508 g/mol. The van der Waals surface area contributed by atoms with Crippen molar-refractivity contribution in [3.63, 3.8) is 0 Å². The maximum atomic E-state index is 13.3. The Kier molecular flexibility index (Phi) is 9.40. The molecular formula is C32H38N2O6. The van der Waals surface area contributed by atoms with E-state index in [-0.39, 0.29) is 49.2 Å². The Labute approximate surface area is 235 Å². The zero-order valence-corrected chi connectivity index (χ0v) is 23.8. The third-order valence-electron chi connectivity index (χ3n) is 7.74. The number of allylic oxidation sites excluding steroid dienone is 1. The summed E-state index contributed by atoms with van der Waals surface area (Å²) in [5.41, 5.74) is 4.52. The lowest BCUT2D eigenvalue weighted by Crippen LogP contribution is -2.40. The van der Waals surface area contributed by atoms with Gasteiger partial charge in [0.15, 0.2) is 0 Å². The summed E-state index contributed by atoms with van der Waals surface area (Å²) in [6, 6.07) is 15.1. The second-order valence-electron chi connectivity index (χ2n) is 10.4. The number of esters is 2. The number of aryl methyl sites for hydroxylation is 1. The Morgan fingerprint density at radius 3 is 2.10 bits per heavy atom. The number of amides is 2. The molecule has 4 rings (SSSR count). The summed E-state index contributed by atoms with van der Waals surface area (Å²) in [6.45, 7) is 9.27. The van der Waals surface area contributed by atoms with Gasteiger partial charge in [-0.15, -0.1) is 0 Å². The molecule has 2 aliphatic rings. The predicted molar refractivity (Wildman–Crippen MR) is 150 cm³/mol. The van der Waals surface area contributed by atoms with Crippen LogP contribution in [0.4, 0.5) is 0 Å². The van der Waals surface area contributed by atoms with Gasteiger partial charge in [-0.05, 0) is 63.8 Å². The van der Waals surface area contributed by atoms with Crippen LogP contribution < -0.4 is 0 Å². The van der Waals surface area contributed by atoms with E-state index in [9.17, 15) is 19.2 Å². The van der Waals surface area contributed by atoms with E-state index in [1.807, 2.05) is 43.3 Å². The van der Waals surface area contributed by atoms with Gasteiger partial charge >= 0.3 is 11.9 Å². The first-order valence-electron chi connectivity index (χ1n) is 14.0. The average molecular weight is 547 g/mol. The van der Waals surface area contributed by atoms with Crippen molar-refractivity contribution in [3.05, 3.63) is 82.1 Å².